The van der Waals surface area contributed by atoms with Crippen LogP contribution in [0.1, 0.15) is 28.9 Å². The second-order valence-corrected chi connectivity index (χ2v) is 5.67. The third kappa shape index (κ3) is 3.42. The number of carbonyl (C=O) groups is 1. The molecule has 0 fully saturated rings. The van der Waals surface area contributed by atoms with Gasteiger partial charge in [-0.25, -0.2) is 4.39 Å². The van der Waals surface area contributed by atoms with Crippen LogP contribution in [0.15, 0.2) is 46.9 Å². The highest BCUT2D eigenvalue weighted by Gasteiger charge is 2.19. The number of benzene rings is 2. The second kappa shape index (κ2) is 6.26. The summed E-state index contributed by atoms with van der Waals surface area (Å²) in [6, 6.07) is 10.8. The Bertz CT molecular complexity index is 658. The summed E-state index contributed by atoms with van der Waals surface area (Å²) in [4.78, 5) is 13.9. The lowest BCUT2D eigenvalue weighted by Crippen LogP contribution is -2.29. The summed E-state index contributed by atoms with van der Waals surface area (Å²) >= 11 is 3.06. The predicted octanol–water partition coefficient (Wildman–Crippen LogP) is 4.13. The third-order valence-corrected chi connectivity index (χ3v) is 4.09. The fourth-order valence-corrected chi connectivity index (χ4v) is 2.23. The molecule has 3 nitrogen and oxygen atoms in total. The van der Waals surface area contributed by atoms with Crippen LogP contribution in [-0.2, 0) is 0 Å². The van der Waals surface area contributed by atoms with E-state index in [2.05, 4.69) is 15.9 Å². The summed E-state index contributed by atoms with van der Waals surface area (Å²) in [7, 11) is 1.67. The summed E-state index contributed by atoms with van der Waals surface area (Å²) in [6.45, 7) is 1.87. The van der Waals surface area contributed by atoms with Crippen molar-refractivity contribution >= 4 is 21.8 Å². The van der Waals surface area contributed by atoms with Crippen molar-refractivity contribution < 1.29 is 14.3 Å². The van der Waals surface area contributed by atoms with E-state index >= 15 is 0 Å². The number of rotatable bonds is 3. The Morgan fingerprint density at radius 1 is 1.24 bits per heavy atom. The Morgan fingerprint density at radius 2 is 1.86 bits per heavy atom. The number of aromatic hydroxyl groups is 1. The molecule has 2 rings (SSSR count). The second-order valence-electron chi connectivity index (χ2n) is 4.81. The summed E-state index contributed by atoms with van der Waals surface area (Å²) in [5.41, 5.74) is 1.19. The summed E-state index contributed by atoms with van der Waals surface area (Å²) in [5.74, 6) is -0.552. The Labute approximate surface area is 131 Å². The van der Waals surface area contributed by atoms with Crippen LogP contribution in [0.4, 0.5) is 4.39 Å². The molecule has 1 N–H and O–H groups in total. The molecule has 0 aliphatic carbocycles. The summed E-state index contributed by atoms with van der Waals surface area (Å²) < 4.78 is 13.9. The van der Waals surface area contributed by atoms with E-state index in [4.69, 9.17) is 0 Å². The molecule has 21 heavy (non-hydrogen) atoms. The van der Waals surface area contributed by atoms with Gasteiger partial charge in [0.15, 0.2) is 0 Å². The van der Waals surface area contributed by atoms with Crippen LogP contribution in [0.5, 0.6) is 5.75 Å². The fourth-order valence-electron chi connectivity index (χ4n) is 1.99. The van der Waals surface area contributed by atoms with Crippen LogP contribution in [0.3, 0.4) is 0 Å². The molecule has 110 valence electrons. The lowest BCUT2D eigenvalue weighted by atomic mass is 10.1. The molecule has 0 aliphatic rings. The van der Waals surface area contributed by atoms with Crippen LogP contribution in [-0.4, -0.2) is 23.0 Å². The van der Waals surface area contributed by atoms with Gasteiger partial charge in [-0.1, -0.05) is 12.1 Å². The SMILES string of the molecule is CC(c1ccc(O)cc1)N(C)C(=O)c1ccc(Br)c(F)c1. The Hall–Kier alpha value is -1.88. The first kappa shape index (κ1) is 15.5. The quantitative estimate of drug-likeness (QED) is 0.903. The van der Waals surface area contributed by atoms with Crippen molar-refractivity contribution in [2.45, 2.75) is 13.0 Å². The van der Waals surface area contributed by atoms with Crippen LogP contribution in [0.2, 0.25) is 0 Å². The van der Waals surface area contributed by atoms with Crippen LogP contribution in [0, 0.1) is 5.82 Å². The van der Waals surface area contributed by atoms with E-state index in [1.807, 2.05) is 6.92 Å². The molecule has 0 bridgehead atoms. The van der Waals surface area contributed by atoms with Crippen molar-refractivity contribution in [3.8, 4) is 5.75 Å². The molecule has 1 atom stereocenters. The number of phenols is 1. The van der Waals surface area contributed by atoms with Crippen LogP contribution in [0.25, 0.3) is 0 Å². The van der Waals surface area contributed by atoms with Gasteiger partial charge in [-0.15, -0.1) is 0 Å². The molecule has 2 aromatic rings. The first-order valence-corrected chi connectivity index (χ1v) is 7.20. The zero-order valence-electron chi connectivity index (χ0n) is 11.7. The van der Waals surface area contributed by atoms with Gasteiger partial charge in [0.25, 0.3) is 5.91 Å². The van der Waals surface area contributed by atoms with Crippen molar-refractivity contribution in [1.29, 1.82) is 0 Å². The average Bonchev–Trinajstić information content (AvgIpc) is 2.48. The molecular formula is C16H15BrFNO2. The number of nitrogens with zero attached hydrogens (tertiary/aromatic N) is 1. The number of halogens is 2. The Balaban J connectivity index is 2.21. The van der Waals surface area contributed by atoms with Gasteiger partial charge in [0.1, 0.15) is 11.6 Å². The topological polar surface area (TPSA) is 40.5 Å². The van der Waals surface area contributed by atoms with E-state index in [-0.39, 0.29) is 17.7 Å². The average molecular weight is 352 g/mol. The molecule has 2 aromatic carbocycles. The smallest absolute Gasteiger partial charge is 0.254 e. The van der Waals surface area contributed by atoms with E-state index < -0.39 is 5.82 Å². The Kier molecular flexibility index (Phi) is 4.63. The lowest BCUT2D eigenvalue weighted by Gasteiger charge is -2.25. The number of carbonyl (C=O) groups excluding carboxylic acids is 1. The molecule has 0 aromatic heterocycles. The van der Waals surface area contributed by atoms with E-state index in [1.165, 1.54) is 17.0 Å². The molecule has 0 saturated heterocycles. The zero-order chi connectivity index (χ0) is 15.6. The van der Waals surface area contributed by atoms with Gasteiger partial charge in [-0.3, -0.25) is 4.79 Å². The van der Waals surface area contributed by atoms with Gasteiger partial charge in [0.2, 0.25) is 0 Å². The summed E-state index contributed by atoms with van der Waals surface area (Å²) in [5, 5.41) is 9.29. The maximum absolute atomic E-state index is 13.5. The maximum atomic E-state index is 13.5. The number of hydrogen-bond acceptors (Lipinski definition) is 2. The molecular weight excluding hydrogens is 337 g/mol. The number of hydrogen-bond donors (Lipinski definition) is 1. The van der Waals surface area contributed by atoms with Crippen molar-refractivity contribution in [2.24, 2.45) is 0 Å². The fraction of sp³-hybridized carbons (Fsp3) is 0.188. The highest BCUT2D eigenvalue weighted by Crippen LogP contribution is 2.24. The normalized spacial score (nSPS) is 12.0. The van der Waals surface area contributed by atoms with Gasteiger partial charge < -0.3 is 10.0 Å². The monoisotopic (exact) mass is 351 g/mol. The molecule has 0 heterocycles. The molecule has 0 spiro atoms. The third-order valence-electron chi connectivity index (χ3n) is 3.44. The summed E-state index contributed by atoms with van der Waals surface area (Å²) in [6.07, 6.45) is 0. The maximum Gasteiger partial charge on any atom is 0.254 e. The zero-order valence-corrected chi connectivity index (χ0v) is 13.3. The Morgan fingerprint density at radius 3 is 2.43 bits per heavy atom. The first-order valence-electron chi connectivity index (χ1n) is 6.41. The molecule has 0 radical (unpaired) electrons. The van der Waals surface area contributed by atoms with Gasteiger partial charge in [-0.2, -0.15) is 0 Å². The van der Waals surface area contributed by atoms with Gasteiger partial charge in [0, 0.05) is 12.6 Å². The van der Waals surface area contributed by atoms with Crippen LogP contribution >= 0.6 is 15.9 Å². The van der Waals surface area contributed by atoms with Crippen molar-refractivity contribution in [2.75, 3.05) is 7.05 Å². The van der Waals surface area contributed by atoms with Crippen molar-refractivity contribution in [1.82, 2.24) is 4.90 Å². The minimum atomic E-state index is -0.466. The molecule has 1 unspecified atom stereocenters. The number of amides is 1. The highest BCUT2D eigenvalue weighted by molar-refractivity contribution is 9.10. The van der Waals surface area contributed by atoms with Crippen molar-refractivity contribution in [3.05, 3.63) is 63.9 Å². The van der Waals surface area contributed by atoms with Gasteiger partial charge >= 0.3 is 0 Å². The van der Waals surface area contributed by atoms with E-state index in [0.717, 1.165) is 5.56 Å². The molecule has 1 amide bonds. The predicted molar refractivity (Wildman–Crippen MR) is 82.7 cm³/mol. The van der Waals surface area contributed by atoms with E-state index in [9.17, 15) is 14.3 Å². The molecule has 0 saturated carbocycles. The minimum absolute atomic E-state index is 0.176. The van der Waals surface area contributed by atoms with Crippen LogP contribution < -0.4 is 0 Å². The van der Waals surface area contributed by atoms with E-state index in [1.54, 1.807) is 37.4 Å². The largest absolute Gasteiger partial charge is 0.508 e. The van der Waals surface area contributed by atoms with E-state index in [0.29, 0.717) is 10.0 Å². The number of phenolic OH excluding ortho intramolecular Hbond substituents is 1. The van der Waals surface area contributed by atoms with Crippen molar-refractivity contribution in [3.63, 3.8) is 0 Å². The highest BCUT2D eigenvalue weighted by atomic mass is 79.9. The lowest BCUT2D eigenvalue weighted by molar-refractivity contribution is 0.0742. The molecule has 0 aliphatic heterocycles. The minimum Gasteiger partial charge on any atom is -0.508 e. The first-order chi connectivity index (χ1) is 9.90. The van der Waals surface area contributed by atoms with Gasteiger partial charge in [0.05, 0.1) is 10.5 Å². The standard InChI is InChI=1S/C16H15BrFNO2/c1-10(11-3-6-13(20)7-4-11)19(2)16(21)12-5-8-14(17)15(18)9-12/h3-10,20H,1-2H3. The molecule has 5 heteroatoms. The van der Waals surface area contributed by atoms with Gasteiger partial charge in [-0.05, 0) is 58.7 Å².